The van der Waals surface area contributed by atoms with E-state index in [1.807, 2.05) is 13.8 Å². The van der Waals surface area contributed by atoms with Gasteiger partial charge in [0, 0.05) is 19.5 Å². The van der Waals surface area contributed by atoms with E-state index in [1.54, 1.807) is 17.0 Å². The number of rotatable bonds is 7. The highest BCUT2D eigenvalue weighted by Gasteiger charge is 2.16. The Morgan fingerprint density at radius 1 is 1.48 bits per heavy atom. The molecule has 1 amide bonds. The number of amides is 1. The molecule has 0 aliphatic carbocycles. The van der Waals surface area contributed by atoms with Crippen molar-refractivity contribution in [2.24, 2.45) is 16.8 Å². The van der Waals surface area contributed by atoms with Crippen LogP contribution in [0, 0.1) is 11.7 Å². The van der Waals surface area contributed by atoms with Crippen molar-refractivity contribution in [3.8, 4) is 0 Å². The Morgan fingerprint density at radius 2 is 2.19 bits per heavy atom. The molecule has 0 heterocycles. The van der Waals surface area contributed by atoms with Crippen LogP contribution in [-0.2, 0) is 11.2 Å². The molecule has 0 aliphatic rings. The summed E-state index contributed by atoms with van der Waals surface area (Å²) < 4.78 is 13.1. The van der Waals surface area contributed by atoms with Crippen LogP contribution < -0.4 is 5.73 Å². The lowest BCUT2D eigenvalue weighted by Gasteiger charge is -2.24. The van der Waals surface area contributed by atoms with Gasteiger partial charge in [0.05, 0.1) is 6.42 Å². The normalized spacial score (nSPS) is 11.7. The minimum atomic E-state index is -0.354. The van der Waals surface area contributed by atoms with E-state index < -0.39 is 0 Å². The molecular weight excluding hydrogens is 273 g/mol. The standard InChI is InChI=1S/C15H22FN3O2/c1-11(2)10-19(7-6-14(17)18-21)15(20)9-12-4-3-5-13(16)8-12/h3-5,8,11,21H,6-7,9-10H2,1-2H3,(H2,17,18). The van der Waals surface area contributed by atoms with E-state index in [0.717, 1.165) is 0 Å². The zero-order chi connectivity index (χ0) is 15.8. The van der Waals surface area contributed by atoms with Crippen LogP contribution in [0.25, 0.3) is 0 Å². The van der Waals surface area contributed by atoms with Crippen LogP contribution in [0.5, 0.6) is 0 Å². The summed E-state index contributed by atoms with van der Waals surface area (Å²) in [6, 6.07) is 6.01. The Hall–Kier alpha value is -2.11. The van der Waals surface area contributed by atoms with E-state index in [4.69, 9.17) is 10.9 Å². The molecule has 0 unspecified atom stereocenters. The van der Waals surface area contributed by atoms with Gasteiger partial charge in [-0.25, -0.2) is 4.39 Å². The SMILES string of the molecule is CC(C)CN(CCC(N)=NO)C(=O)Cc1cccc(F)c1. The molecule has 0 radical (unpaired) electrons. The van der Waals surface area contributed by atoms with E-state index in [2.05, 4.69) is 5.16 Å². The molecule has 21 heavy (non-hydrogen) atoms. The second-order valence-corrected chi connectivity index (χ2v) is 5.38. The van der Waals surface area contributed by atoms with Gasteiger partial charge in [-0.15, -0.1) is 0 Å². The van der Waals surface area contributed by atoms with Crippen molar-refractivity contribution in [1.29, 1.82) is 0 Å². The van der Waals surface area contributed by atoms with Crippen molar-refractivity contribution in [1.82, 2.24) is 4.90 Å². The number of oxime groups is 1. The van der Waals surface area contributed by atoms with Gasteiger partial charge in [-0.2, -0.15) is 0 Å². The van der Waals surface area contributed by atoms with Crippen molar-refractivity contribution in [2.45, 2.75) is 26.7 Å². The topological polar surface area (TPSA) is 78.9 Å². The Kier molecular flexibility index (Phi) is 6.65. The third kappa shape index (κ3) is 6.25. The number of nitrogens with zero attached hydrogens (tertiary/aromatic N) is 2. The number of hydrogen-bond acceptors (Lipinski definition) is 3. The van der Waals surface area contributed by atoms with E-state index in [0.29, 0.717) is 31.0 Å². The molecule has 0 saturated carbocycles. The average Bonchev–Trinajstić information content (AvgIpc) is 2.42. The predicted octanol–water partition coefficient (Wildman–Crippen LogP) is 1.99. The maximum Gasteiger partial charge on any atom is 0.227 e. The van der Waals surface area contributed by atoms with Gasteiger partial charge in [0.15, 0.2) is 0 Å². The van der Waals surface area contributed by atoms with Crippen LogP contribution in [0.15, 0.2) is 29.4 Å². The monoisotopic (exact) mass is 295 g/mol. The first kappa shape index (κ1) is 16.9. The van der Waals surface area contributed by atoms with Crippen molar-refractivity contribution in [3.63, 3.8) is 0 Å². The number of benzene rings is 1. The molecule has 6 heteroatoms. The second-order valence-electron chi connectivity index (χ2n) is 5.38. The number of halogens is 1. The smallest absolute Gasteiger partial charge is 0.227 e. The highest BCUT2D eigenvalue weighted by atomic mass is 19.1. The molecule has 3 N–H and O–H groups in total. The molecule has 5 nitrogen and oxygen atoms in total. The molecule has 0 atom stereocenters. The average molecular weight is 295 g/mol. The van der Waals surface area contributed by atoms with Gasteiger partial charge in [0.2, 0.25) is 5.91 Å². The summed E-state index contributed by atoms with van der Waals surface area (Å²) in [6.45, 7) is 4.97. The van der Waals surface area contributed by atoms with Crippen LogP contribution in [-0.4, -0.2) is 34.9 Å². The van der Waals surface area contributed by atoms with Crippen LogP contribution in [0.4, 0.5) is 4.39 Å². The first-order chi connectivity index (χ1) is 9.92. The van der Waals surface area contributed by atoms with Crippen LogP contribution in [0.1, 0.15) is 25.8 Å². The Balaban J connectivity index is 2.70. The molecule has 1 aromatic rings. The highest BCUT2D eigenvalue weighted by Crippen LogP contribution is 2.08. The summed E-state index contributed by atoms with van der Waals surface area (Å²) in [7, 11) is 0. The molecule has 0 saturated heterocycles. The van der Waals surface area contributed by atoms with Gasteiger partial charge in [0.25, 0.3) is 0 Å². The van der Waals surface area contributed by atoms with Gasteiger partial charge >= 0.3 is 0 Å². The molecule has 0 aromatic heterocycles. The Morgan fingerprint density at radius 3 is 2.76 bits per heavy atom. The number of nitrogens with two attached hydrogens (primary N) is 1. The van der Waals surface area contributed by atoms with Crippen molar-refractivity contribution in [2.75, 3.05) is 13.1 Å². The van der Waals surface area contributed by atoms with Crippen LogP contribution in [0.3, 0.4) is 0 Å². The van der Waals surface area contributed by atoms with E-state index in [1.165, 1.54) is 12.1 Å². The molecule has 1 rings (SSSR count). The van der Waals surface area contributed by atoms with E-state index >= 15 is 0 Å². The summed E-state index contributed by atoms with van der Waals surface area (Å²) in [6.07, 6.45) is 0.443. The largest absolute Gasteiger partial charge is 0.409 e. The number of amidine groups is 1. The summed E-state index contributed by atoms with van der Waals surface area (Å²) in [5.74, 6) is -0.0662. The minimum absolute atomic E-state index is 0.0855. The summed E-state index contributed by atoms with van der Waals surface area (Å²) in [5, 5.41) is 11.5. The Bertz CT molecular complexity index is 503. The predicted molar refractivity (Wildman–Crippen MR) is 79.5 cm³/mol. The lowest BCUT2D eigenvalue weighted by atomic mass is 10.1. The molecular formula is C15H22FN3O2. The number of hydrogen-bond donors (Lipinski definition) is 2. The first-order valence-electron chi connectivity index (χ1n) is 6.91. The van der Waals surface area contributed by atoms with Crippen LogP contribution in [0.2, 0.25) is 0 Å². The molecule has 1 aromatic carbocycles. The zero-order valence-electron chi connectivity index (χ0n) is 12.4. The fourth-order valence-electron chi connectivity index (χ4n) is 1.99. The second kappa shape index (κ2) is 8.24. The van der Waals surface area contributed by atoms with Crippen molar-refractivity contribution >= 4 is 11.7 Å². The fourth-order valence-corrected chi connectivity index (χ4v) is 1.99. The summed E-state index contributed by atoms with van der Waals surface area (Å²) in [5.41, 5.74) is 6.07. The van der Waals surface area contributed by atoms with Gasteiger partial charge < -0.3 is 15.8 Å². The molecule has 0 bridgehead atoms. The maximum absolute atomic E-state index is 13.1. The lowest BCUT2D eigenvalue weighted by molar-refractivity contribution is -0.130. The molecule has 0 fully saturated rings. The maximum atomic E-state index is 13.1. The van der Waals surface area contributed by atoms with E-state index in [-0.39, 0.29) is 24.0 Å². The van der Waals surface area contributed by atoms with Crippen LogP contribution >= 0.6 is 0 Å². The zero-order valence-corrected chi connectivity index (χ0v) is 12.4. The highest BCUT2D eigenvalue weighted by molar-refractivity contribution is 5.82. The third-order valence-electron chi connectivity index (χ3n) is 2.95. The summed E-state index contributed by atoms with van der Waals surface area (Å²) in [4.78, 5) is 14.0. The van der Waals surface area contributed by atoms with Crippen molar-refractivity contribution in [3.05, 3.63) is 35.6 Å². The van der Waals surface area contributed by atoms with Crippen molar-refractivity contribution < 1.29 is 14.4 Å². The number of carbonyl (C=O) groups is 1. The summed E-state index contributed by atoms with van der Waals surface area (Å²) >= 11 is 0. The molecule has 116 valence electrons. The third-order valence-corrected chi connectivity index (χ3v) is 2.95. The van der Waals surface area contributed by atoms with Gasteiger partial charge in [-0.05, 0) is 23.6 Å². The number of carbonyl (C=O) groups excluding carboxylic acids is 1. The quantitative estimate of drug-likeness (QED) is 0.349. The van der Waals surface area contributed by atoms with E-state index in [9.17, 15) is 9.18 Å². The lowest BCUT2D eigenvalue weighted by Crippen LogP contribution is -2.37. The fraction of sp³-hybridized carbons (Fsp3) is 0.467. The van der Waals surface area contributed by atoms with Gasteiger partial charge in [-0.3, -0.25) is 4.79 Å². The molecule has 0 spiro atoms. The minimum Gasteiger partial charge on any atom is -0.409 e. The molecule has 0 aliphatic heterocycles. The van der Waals surface area contributed by atoms with Gasteiger partial charge in [0.1, 0.15) is 11.7 Å². The first-order valence-corrected chi connectivity index (χ1v) is 6.91. The van der Waals surface area contributed by atoms with Gasteiger partial charge in [-0.1, -0.05) is 31.1 Å². The Labute approximate surface area is 124 Å².